The molecule has 0 unspecified atom stereocenters. The molecule has 0 aliphatic rings. The maximum absolute atomic E-state index is 12.9. The number of alkyl halides is 3. The van der Waals surface area contributed by atoms with Crippen LogP contribution < -0.4 is 4.74 Å². The summed E-state index contributed by atoms with van der Waals surface area (Å²) < 4.78 is 71.0. The Morgan fingerprint density at radius 1 is 0.969 bits per heavy atom. The molecule has 0 amide bonds. The van der Waals surface area contributed by atoms with Crippen molar-refractivity contribution in [1.82, 2.24) is 0 Å². The minimum atomic E-state index is -4.81. The molecule has 1 N–H and O–H groups in total. The maximum atomic E-state index is 12.9. The number of rotatable bonds is 6. The first-order valence-corrected chi connectivity index (χ1v) is 10.7. The minimum absolute atomic E-state index is 0.0119. The van der Waals surface area contributed by atoms with Crippen LogP contribution in [0.25, 0.3) is 11.1 Å². The van der Waals surface area contributed by atoms with Crippen LogP contribution in [0.4, 0.5) is 13.2 Å². The van der Waals surface area contributed by atoms with E-state index in [1.807, 2.05) is 0 Å². The lowest BCUT2D eigenvalue weighted by molar-refractivity contribution is -0.274. The van der Waals surface area contributed by atoms with Crippen LogP contribution in [0.1, 0.15) is 15.9 Å². The summed E-state index contributed by atoms with van der Waals surface area (Å²) in [5.74, 6) is -1.99. The number of phenols is 1. The Morgan fingerprint density at radius 2 is 1.66 bits per heavy atom. The van der Waals surface area contributed by atoms with Crippen LogP contribution in [0.3, 0.4) is 0 Å². The number of halogens is 3. The van der Waals surface area contributed by atoms with Gasteiger partial charge in [-0.2, -0.15) is 0 Å². The van der Waals surface area contributed by atoms with E-state index in [0.717, 1.165) is 19.2 Å². The highest BCUT2D eigenvalue weighted by molar-refractivity contribution is 7.90. The highest BCUT2D eigenvalue weighted by Crippen LogP contribution is 2.29. The van der Waals surface area contributed by atoms with Gasteiger partial charge < -0.3 is 14.6 Å². The number of aromatic hydroxyl groups is 1. The number of esters is 1. The number of sulfone groups is 1. The number of phenolic OH excluding ortho intramolecular Hbond substituents is 1. The van der Waals surface area contributed by atoms with Gasteiger partial charge in [0, 0.05) is 0 Å². The Hall–Kier alpha value is -3.53. The van der Waals surface area contributed by atoms with Crippen LogP contribution in [-0.2, 0) is 20.3 Å². The van der Waals surface area contributed by atoms with Crippen molar-refractivity contribution in [2.24, 2.45) is 0 Å². The molecule has 0 atom stereocenters. The number of hydrogen-bond acceptors (Lipinski definition) is 6. The van der Waals surface area contributed by atoms with E-state index < -0.39 is 33.7 Å². The third-order valence-corrected chi connectivity index (χ3v) is 6.12. The molecule has 0 spiro atoms. The van der Waals surface area contributed by atoms with E-state index in [2.05, 4.69) is 9.47 Å². The number of methoxy groups -OCH3 is 1. The molecular formula is C22H17F3O6S. The summed E-state index contributed by atoms with van der Waals surface area (Å²) >= 11 is 0. The topological polar surface area (TPSA) is 89.9 Å². The van der Waals surface area contributed by atoms with Gasteiger partial charge in [0.1, 0.15) is 17.1 Å². The van der Waals surface area contributed by atoms with E-state index in [0.29, 0.717) is 11.1 Å². The SMILES string of the molecule is COC(=O)c1ccc(CS(=O)(=O)c2cccc(-c3ccc(OC(F)(F)F)cc3)c2)cc1O. The van der Waals surface area contributed by atoms with Gasteiger partial charge in [0.25, 0.3) is 0 Å². The molecule has 3 aromatic rings. The predicted octanol–water partition coefficient (Wildman–Crippen LogP) is 4.72. The predicted molar refractivity (Wildman–Crippen MR) is 109 cm³/mol. The Bertz CT molecular complexity index is 1240. The van der Waals surface area contributed by atoms with Crippen molar-refractivity contribution < 1.29 is 41.0 Å². The average Bonchev–Trinajstić information content (AvgIpc) is 2.72. The van der Waals surface area contributed by atoms with Gasteiger partial charge in [-0.1, -0.05) is 30.3 Å². The number of carbonyl (C=O) groups excluding carboxylic acids is 1. The Morgan fingerprint density at radius 3 is 2.25 bits per heavy atom. The Kier molecular flexibility index (Phi) is 6.45. The van der Waals surface area contributed by atoms with Gasteiger partial charge >= 0.3 is 12.3 Å². The summed E-state index contributed by atoms with van der Waals surface area (Å²) in [4.78, 5) is 11.5. The average molecular weight is 466 g/mol. The van der Waals surface area contributed by atoms with Gasteiger partial charge in [-0.25, -0.2) is 13.2 Å². The fraction of sp³-hybridized carbons (Fsp3) is 0.136. The first-order valence-electron chi connectivity index (χ1n) is 9.08. The van der Waals surface area contributed by atoms with Gasteiger partial charge in [0.05, 0.1) is 17.8 Å². The highest BCUT2D eigenvalue weighted by atomic mass is 32.2. The Balaban J connectivity index is 1.84. The molecule has 3 aromatic carbocycles. The van der Waals surface area contributed by atoms with E-state index in [1.54, 1.807) is 6.07 Å². The molecule has 0 aliphatic heterocycles. The van der Waals surface area contributed by atoms with Crippen molar-refractivity contribution in [3.05, 3.63) is 77.9 Å². The van der Waals surface area contributed by atoms with E-state index >= 15 is 0 Å². The third-order valence-electron chi connectivity index (χ3n) is 4.44. The molecule has 0 saturated carbocycles. The number of carbonyl (C=O) groups is 1. The van der Waals surface area contributed by atoms with Crippen LogP contribution in [0.2, 0.25) is 0 Å². The van der Waals surface area contributed by atoms with Gasteiger partial charge in [-0.05, 0) is 53.1 Å². The number of ether oxygens (including phenoxy) is 2. The van der Waals surface area contributed by atoms with Crippen LogP contribution in [0.5, 0.6) is 11.5 Å². The molecule has 0 saturated heterocycles. The van der Waals surface area contributed by atoms with Crippen molar-refractivity contribution in [2.45, 2.75) is 17.0 Å². The second-order valence-electron chi connectivity index (χ2n) is 6.70. The lowest BCUT2D eigenvalue weighted by Crippen LogP contribution is -2.16. The van der Waals surface area contributed by atoms with Crippen LogP contribution in [-0.4, -0.2) is 33.0 Å². The van der Waals surface area contributed by atoms with Crippen LogP contribution in [0, 0.1) is 0 Å². The maximum Gasteiger partial charge on any atom is 0.573 e. The molecule has 32 heavy (non-hydrogen) atoms. The zero-order valence-corrected chi connectivity index (χ0v) is 17.4. The molecule has 0 heterocycles. The number of benzene rings is 3. The summed E-state index contributed by atoms with van der Waals surface area (Å²) in [6, 6.07) is 14.8. The van der Waals surface area contributed by atoms with Gasteiger partial charge in [0.15, 0.2) is 9.84 Å². The van der Waals surface area contributed by atoms with Crippen molar-refractivity contribution in [2.75, 3.05) is 7.11 Å². The zero-order chi connectivity index (χ0) is 23.5. The smallest absolute Gasteiger partial charge is 0.507 e. The van der Waals surface area contributed by atoms with Crippen LogP contribution >= 0.6 is 0 Å². The summed E-state index contributed by atoms with van der Waals surface area (Å²) in [5, 5.41) is 9.97. The van der Waals surface area contributed by atoms with E-state index in [4.69, 9.17) is 0 Å². The van der Waals surface area contributed by atoms with Gasteiger partial charge in [-0.3, -0.25) is 0 Å². The largest absolute Gasteiger partial charge is 0.573 e. The highest BCUT2D eigenvalue weighted by Gasteiger charge is 2.31. The third kappa shape index (κ3) is 5.58. The van der Waals surface area contributed by atoms with Crippen molar-refractivity contribution in [1.29, 1.82) is 0 Å². The summed E-state index contributed by atoms with van der Waals surface area (Å²) in [7, 11) is -2.68. The molecule has 10 heteroatoms. The van der Waals surface area contributed by atoms with Crippen LogP contribution in [0.15, 0.2) is 71.6 Å². The second kappa shape index (κ2) is 8.91. The standard InChI is InChI=1S/C22H17F3O6S/c1-30-21(27)19-10-5-14(11-20(19)26)13-32(28,29)18-4-2-3-16(12-18)15-6-8-17(9-7-15)31-22(23,24)25/h2-12,26H,13H2,1H3. The fourth-order valence-corrected chi connectivity index (χ4v) is 4.35. The summed E-state index contributed by atoms with van der Waals surface area (Å²) in [5.41, 5.74) is 1.15. The van der Waals surface area contributed by atoms with E-state index in [-0.39, 0.29) is 21.8 Å². The lowest BCUT2D eigenvalue weighted by Gasteiger charge is -2.11. The normalized spacial score (nSPS) is 11.8. The zero-order valence-electron chi connectivity index (χ0n) is 16.6. The molecule has 6 nitrogen and oxygen atoms in total. The molecule has 0 aliphatic carbocycles. The molecule has 168 valence electrons. The molecule has 3 rings (SSSR count). The first kappa shape index (κ1) is 23.1. The molecule has 0 aromatic heterocycles. The monoisotopic (exact) mass is 466 g/mol. The van der Waals surface area contributed by atoms with E-state index in [1.165, 1.54) is 48.5 Å². The van der Waals surface area contributed by atoms with Crippen molar-refractivity contribution in [3.8, 4) is 22.6 Å². The molecule has 0 radical (unpaired) electrons. The van der Waals surface area contributed by atoms with Gasteiger partial charge in [0.2, 0.25) is 0 Å². The van der Waals surface area contributed by atoms with E-state index in [9.17, 15) is 31.5 Å². The quantitative estimate of drug-likeness (QED) is 0.529. The Labute approximate surface area is 181 Å². The summed E-state index contributed by atoms with van der Waals surface area (Å²) in [6.07, 6.45) is -4.81. The van der Waals surface area contributed by atoms with Crippen molar-refractivity contribution in [3.63, 3.8) is 0 Å². The number of hydrogen-bond donors (Lipinski definition) is 1. The second-order valence-corrected chi connectivity index (χ2v) is 8.69. The minimum Gasteiger partial charge on any atom is -0.507 e. The molecule has 0 bridgehead atoms. The van der Waals surface area contributed by atoms with Crippen molar-refractivity contribution >= 4 is 15.8 Å². The lowest BCUT2D eigenvalue weighted by atomic mass is 10.1. The first-order chi connectivity index (χ1) is 15.0. The summed E-state index contributed by atoms with van der Waals surface area (Å²) in [6.45, 7) is 0. The fourth-order valence-electron chi connectivity index (χ4n) is 2.97. The molecule has 0 fully saturated rings. The van der Waals surface area contributed by atoms with Gasteiger partial charge in [-0.15, -0.1) is 13.2 Å². The molecular weight excluding hydrogens is 449 g/mol.